The van der Waals surface area contributed by atoms with Crippen LogP contribution in [0.2, 0.25) is 0 Å². The van der Waals surface area contributed by atoms with Gasteiger partial charge in [-0.05, 0) is 73.7 Å². The molecule has 242 valence electrons. The molecule has 2 N–H and O–H groups in total. The van der Waals surface area contributed by atoms with E-state index in [1.807, 2.05) is 32.0 Å². The molecule has 3 aromatic carbocycles. The second kappa shape index (κ2) is 12.5. The number of aliphatic hydroxyl groups excluding tert-OH is 1. The van der Waals surface area contributed by atoms with Crippen LogP contribution in [0.3, 0.4) is 0 Å². The molecule has 2 aromatic heterocycles. The first-order chi connectivity index (χ1) is 21.8. The van der Waals surface area contributed by atoms with Crippen LogP contribution < -0.4 is 9.47 Å². The first-order valence-electron chi connectivity index (χ1n) is 14.5. The summed E-state index contributed by atoms with van der Waals surface area (Å²) < 4.78 is 59.6. The Hall–Kier alpha value is -4.26. The highest BCUT2D eigenvalue weighted by Crippen LogP contribution is 2.46. The minimum absolute atomic E-state index is 0.102. The van der Waals surface area contributed by atoms with Crippen LogP contribution in [0.15, 0.2) is 63.9 Å². The van der Waals surface area contributed by atoms with Crippen molar-refractivity contribution in [2.75, 3.05) is 6.26 Å². The Labute approximate surface area is 268 Å². The van der Waals surface area contributed by atoms with E-state index in [9.17, 15) is 19.0 Å². The van der Waals surface area contributed by atoms with E-state index in [2.05, 4.69) is 19.6 Å². The summed E-state index contributed by atoms with van der Waals surface area (Å²) in [4.78, 5) is 5.18. The number of halogens is 3. The zero-order chi connectivity index (χ0) is 33.6. The molecule has 0 unspecified atom stereocenters. The maximum Gasteiger partial charge on any atom is 0.586 e. The number of hydrogen-bond donors (Lipinski definition) is 2. The minimum Gasteiger partial charge on any atom is -0.440 e. The third-order valence-electron chi connectivity index (χ3n) is 7.32. The number of rotatable bonds is 7. The van der Waals surface area contributed by atoms with Gasteiger partial charge in [0.2, 0.25) is 0 Å². The Morgan fingerprint density at radius 1 is 0.935 bits per heavy atom. The average Bonchev–Trinajstić information content (AvgIpc) is 3.69. The highest BCUT2D eigenvalue weighted by molar-refractivity contribution is 7.98. The monoisotopic (exact) mass is 653 g/mol. The average molecular weight is 654 g/mol. The smallest absolute Gasteiger partial charge is 0.440 e. The molecule has 5 aromatic rings. The number of aryl methyl sites for hydroxylation is 2. The Morgan fingerprint density at radius 2 is 1.63 bits per heavy atom. The van der Waals surface area contributed by atoms with Crippen LogP contribution in [0.1, 0.15) is 44.8 Å². The van der Waals surface area contributed by atoms with Crippen LogP contribution in [-0.2, 0) is 19.3 Å². The number of hydrogen-bond acceptors (Lipinski definition) is 8. The molecule has 0 spiro atoms. The van der Waals surface area contributed by atoms with E-state index in [1.165, 1.54) is 30.0 Å². The van der Waals surface area contributed by atoms with Crippen molar-refractivity contribution in [1.29, 1.82) is 0 Å². The summed E-state index contributed by atoms with van der Waals surface area (Å²) in [5, 5.41) is 24.9. The third kappa shape index (κ3) is 6.24. The summed E-state index contributed by atoms with van der Waals surface area (Å²) in [5.74, 6) is -0.128. The summed E-state index contributed by atoms with van der Waals surface area (Å²) in [6.07, 6.45) is -1.97. The first kappa shape index (κ1) is 33.1. The molecule has 0 radical (unpaired) electrons. The van der Waals surface area contributed by atoms with Crippen LogP contribution in [-0.4, -0.2) is 37.5 Å². The molecular weight excluding hydrogens is 619 g/mol. The lowest BCUT2D eigenvalue weighted by molar-refractivity contribution is -0.286. The van der Waals surface area contributed by atoms with Crippen LogP contribution >= 0.6 is 11.8 Å². The van der Waals surface area contributed by atoms with Crippen molar-refractivity contribution < 1.29 is 37.3 Å². The number of aliphatic hydroxyl groups is 2. The van der Waals surface area contributed by atoms with Crippen LogP contribution in [0.25, 0.3) is 45.0 Å². The van der Waals surface area contributed by atoms with Crippen molar-refractivity contribution in [2.24, 2.45) is 7.05 Å². The van der Waals surface area contributed by atoms with E-state index in [-0.39, 0.29) is 17.1 Å². The molecule has 0 bridgehead atoms. The van der Waals surface area contributed by atoms with Gasteiger partial charge in [0, 0.05) is 41.1 Å². The van der Waals surface area contributed by atoms with Gasteiger partial charge in [-0.3, -0.25) is 4.68 Å². The highest BCUT2D eigenvalue weighted by Gasteiger charge is 2.43. The van der Waals surface area contributed by atoms with Gasteiger partial charge < -0.3 is 24.1 Å². The molecular formula is C34H34F3N3O5S. The van der Waals surface area contributed by atoms with Gasteiger partial charge in [0.15, 0.2) is 23.1 Å². The fourth-order valence-electron chi connectivity index (χ4n) is 5.17. The Balaban J connectivity index is 0.00000204. The second-order valence-electron chi connectivity index (χ2n) is 10.9. The van der Waals surface area contributed by atoms with Crippen molar-refractivity contribution >= 4 is 11.8 Å². The van der Waals surface area contributed by atoms with E-state index >= 15 is 4.39 Å². The third-order valence-corrected chi connectivity index (χ3v) is 8.13. The van der Waals surface area contributed by atoms with Crippen molar-refractivity contribution in [3.8, 4) is 56.5 Å². The fraction of sp³-hybridized carbons (Fsp3) is 0.294. The topological polar surface area (TPSA) is 103 Å². The number of benzene rings is 3. The maximum atomic E-state index is 15.1. The molecule has 6 rings (SSSR count). The summed E-state index contributed by atoms with van der Waals surface area (Å²) in [5.41, 5.74) is 3.36. The maximum absolute atomic E-state index is 15.1. The molecule has 0 aliphatic carbocycles. The van der Waals surface area contributed by atoms with Gasteiger partial charge in [-0.1, -0.05) is 26.0 Å². The summed E-state index contributed by atoms with van der Waals surface area (Å²) >= 11 is 1.32. The molecule has 0 fully saturated rings. The Morgan fingerprint density at radius 3 is 2.28 bits per heavy atom. The van der Waals surface area contributed by atoms with Crippen LogP contribution in [0.4, 0.5) is 13.2 Å². The zero-order valence-corrected chi connectivity index (χ0v) is 27.2. The standard InChI is InChI=1S/C32H28F3N3O5S.C2H6/c1-16-36-29(18-7-9-25-26(12-18)43-32(34,35)42-25)30(41-16)21-10-17(19-11-23(33)22(15-39)27(13-19)44-5)6-8-20(21)24-14-28(31(2,3)40)37-38(24)4;1-2/h6-14,39-40H,15H2,1-5H3;1-2H3. The van der Waals surface area contributed by atoms with E-state index < -0.39 is 24.3 Å². The van der Waals surface area contributed by atoms with E-state index in [0.29, 0.717) is 61.4 Å². The van der Waals surface area contributed by atoms with Crippen molar-refractivity contribution in [3.05, 3.63) is 77.6 Å². The molecule has 0 atom stereocenters. The van der Waals surface area contributed by atoms with Crippen molar-refractivity contribution in [2.45, 2.75) is 58.0 Å². The van der Waals surface area contributed by atoms with Gasteiger partial charge in [-0.25, -0.2) is 9.37 Å². The van der Waals surface area contributed by atoms with Gasteiger partial charge in [-0.2, -0.15) is 5.10 Å². The minimum atomic E-state index is -3.78. The summed E-state index contributed by atoms with van der Waals surface area (Å²) in [6, 6.07) is 14.8. The largest absolute Gasteiger partial charge is 0.586 e. The van der Waals surface area contributed by atoms with Crippen molar-refractivity contribution in [3.63, 3.8) is 0 Å². The van der Waals surface area contributed by atoms with E-state index in [4.69, 9.17) is 4.42 Å². The molecule has 0 saturated heterocycles. The molecule has 0 saturated carbocycles. The Kier molecular flexibility index (Phi) is 9.00. The Bertz CT molecular complexity index is 1910. The highest BCUT2D eigenvalue weighted by atomic mass is 32.2. The van der Waals surface area contributed by atoms with Crippen LogP contribution in [0, 0.1) is 12.7 Å². The van der Waals surface area contributed by atoms with Gasteiger partial charge in [0.1, 0.15) is 17.1 Å². The number of fused-ring (bicyclic) bond motifs is 1. The lowest BCUT2D eigenvalue weighted by atomic mass is 9.93. The number of alkyl halides is 2. The number of aromatic nitrogens is 3. The molecule has 12 heteroatoms. The van der Waals surface area contributed by atoms with Crippen molar-refractivity contribution in [1.82, 2.24) is 14.8 Å². The zero-order valence-electron chi connectivity index (χ0n) is 26.4. The molecule has 8 nitrogen and oxygen atoms in total. The molecule has 1 aliphatic rings. The number of ether oxygens (including phenoxy) is 2. The normalized spacial score (nSPS) is 13.5. The molecule has 3 heterocycles. The lowest BCUT2D eigenvalue weighted by Crippen LogP contribution is -2.25. The SMILES string of the molecule is CC.CSc1cc(-c2ccc(-c3cc(C(C)(C)O)nn3C)c(-c3oc(C)nc3-c3ccc4c(c3)OC(F)(F)O4)c2)cc(F)c1CO. The summed E-state index contributed by atoms with van der Waals surface area (Å²) in [7, 11) is 1.75. The predicted molar refractivity (Wildman–Crippen MR) is 170 cm³/mol. The quantitative estimate of drug-likeness (QED) is 0.169. The van der Waals surface area contributed by atoms with Gasteiger partial charge in [0.05, 0.1) is 18.0 Å². The van der Waals surface area contributed by atoms with Gasteiger partial charge >= 0.3 is 6.29 Å². The fourth-order valence-corrected chi connectivity index (χ4v) is 5.82. The number of oxazole rings is 1. The van der Waals surface area contributed by atoms with Gasteiger partial charge in [0.25, 0.3) is 0 Å². The first-order valence-corrected chi connectivity index (χ1v) is 15.8. The number of thioether (sulfide) groups is 1. The summed E-state index contributed by atoms with van der Waals surface area (Å²) in [6.45, 7) is 8.51. The predicted octanol–water partition coefficient (Wildman–Crippen LogP) is 8.31. The van der Waals surface area contributed by atoms with Gasteiger partial charge in [-0.15, -0.1) is 20.5 Å². The van der Waals surface area contributed by atoms with Crippen LogP contribution in [0.5, 0.6) is 11.5 Å². The lowest BCUT2D eigenvalue weighted by Gasteiger charge is -2.14. The molecule has 46 heavy (non-hydrogen) atoms. The molecule has 1 aliphatic heterocycles. The second-order valence-corrected chi connectivity index (χ2v) is 11.7. The van der Waals surface area contributed by atoms with E-state index in [0.717, 1.165) is 0 Å². The molecule has 0 amide bonds. The van der Waals surface area contributed by atoms with E-state index in [1.54, 1.807) is 57.0 Å². The number of nitrogens with zero attached hydrogens (tertiary/aromatic N) is 3.